The average Bonchev–Trinajstić information content (AvgIpc) is 3.13. The van der Waals surface area contributed by atoms with Gasteiger partial charge in [0.15, 0.2) is 11.5 Å². The molecule has 2 bridgehead atoms. The molecule has 1 saturated heterocycles. The van der Waals surface area contributed by atoms with E-state index in [1.807, 2.05) is 12.1 Å². The maximum Gasteiger partial charge on any atom is 0.330 e. The van der Waals surface area contributed by atoms with Crippen LogP contribution < -0.4 is 10.1 Å². The molecule has 170 valence electrons. The number of methoxy groups -OCH3 is 1. The van der Waals surface area contributed by atoms with E-state index in [0.29, 0.717) is 38.0 Å². The number of likely N-dealkylation sites (tertiary alicyclic amines) is 1. The van der Waals surface area contributed by atoms with Gasteiger partial charge >= 0.3 is 5.97 Å². The van der Waals surface area contributed by atoms with Gasteiger partial charge in [0.25, 0.3) is 0 Å². The van der Waals surface area contributed by atoms with Crippen LogP contribution in [0.15, 0.2) is 36.9 Å². The van der Waals surface area contributed by atoms with E-state index in [1.165, 1.54) is 7.11 Å². The van der Waals surface area contributed by atoms with Gasteiger partial charge in [0.1, 0.15) is 6.10 Å². The van der Waals surface area contributed by atoms with Crippen LogP contribution in [0.2, 0.25) is 0 Å². The molecular weight excluding hydrogens is 412 g/mol. The monoisotopic (exact) mass is 440 g/mol. The Bertz CT molecular complexity index is 1020. The zero-order valence-corrected chi connectivity index (χ0v) is 18.0. The molecule has 32 heavy (non-hydrogen) atoms. The molecule has 5 atom stereocenters. The normalized spacial score (nSPS) is 34.5. The predicted octanol–water partition coefficient (Wildman–Crippen LogP) is 0.946. The Hall–Kier alpha value is -2.84. The van der Waals surface area contributed by atoms with E-state index in [2.05, 4.69) is 21.5 Å². The number of carbonyl (C=O) groups excluding carboxylic acids is 2. The minimum Gasteiger partial charge on any atom is -0.504 e. The van der Waals surface area contributed by atoms with Gasteiger partial charge in [-0.25, -0.2) is 4.79 Å². The Morgan fingerprint density at radius 2 is 2.19 bits per heavy atom. The number of hydrogen-bond donors (Lipinski definition) is 3. The quantitative estimate of drug-likeness (QED) is 0.355. The molecule has 5 rings (SSSR count). The summed E-state index contributed by atoms with van der Waals surface area (Å²) in [5.74, 6) is -0.562. The lowest BCUT2D eigenvalue weighted by atomic mass is 9.48. The molecular formula is C24H28N2O6. The van der Waals surface area contributed by atoms with Crippen molar-refractivity contribution in [1.82, 2.24) is 10.2 Å². The minimum atomic E-state index is -1.05. The van der Waals surface area contributed by atoms with E-state index >= 15 is 0 Å². The van der Waals surface area contributed by atoms with E-state index in [-0.39, 0.29) is 17.8 Å². The number of nitrogens with one attached hydrogen (secondary N) is 1. The topological polar surface area (TPSA) is 108 Å². The molecule has 4 aliphatic rings. The molecule has 2 heterocycles. The second-order valence-electron chi connectivity index (χ2n) is 9.15. The Kier molecular flexibility index (Phi) is 4.83. The minimum absolute atomic E-state index is 0.0532. The number of esters is 1. The third-order valence-electron chi connectivity index (χ3n) is 7.84. The first kappa shape index (κ1) is 21.0. The number of aromatic hydroxyl groups is 1. The van der Waals surface area contributed by atoms with E-state index in [9.17, 15) is 19.8 Å². The third kappa shape index (κ3) is 2.69. The molecule has 1 aromatic carbocycles. The van der Waals surface area contributed by atoms with Crippen molar-refractivity contribution in [3.05, 3.63) is 48.1 Å². The number of amides is 1. The number of ether oxygens (including phenoxy) is 2. The molecule has 2 aliphatic carbocycles. The molecule has 1 amide bonds. The summed E-state index contributed by atoms with van der Waals surface area (Å²) in [4.78, 5) is 26.1. The average molecular weight is 440 g/mol. The summed E-state index contributed by atoms with van der Waals surface area (Å²) in [6, 6.07) is 3.09. The van der Waals surface area contributed by atoms with Crippen molar-refractivity contribution in [1.29, 1.82) is 0 Å². The lowest BCUT2D eigenvalue weighted by Crippen LogP contribution is -2.78. The van der Waals surface area contributed by atoms with E-state index in [0.717, 1.165) is 29.8 Å². The number of phenols is 1. The van der Waals surface area contributed by atoms with Crippen molar-refractivity contribution in [2.75, 3.05) is 20.2 Å². The molecule has 8 heteroatoms. The molecule has 0 aromatic heterocycles. The molecule has 1 saturated carbocycles. The maximum absolute atomic E-state index is 12.5. The standard InChI is InChI=1S/C24H28N2O6/c1-3-11-26-12-10-23-20-14-4-5-16(27)21(20)32-22(23)15(8-9-24(23,30)17(26)13-14)25-18(28)6-7-19(29)31-2/h3-7,15,17,22,27,30H,1,8-13H2,2H3,(H,25,28)/b7-6+/t15-,17?,22?,23?,24?/m1/s1. The summed E-state index contributed by atoms with van der Waals surface area (Å²) in [6.07, 6.45) is 5.88. The van der Waals surface area contributed by atoms with Crippen molar-refractivity contribution >= 4 is 11.9 Å². The molecule has 2 aliphatic heterocycles. The lowest BCUT2D eigenvalue weighted by Gasteiger charge is -2.64. The largest absolute Gasteiger partial charge is 0.504 e. The highest BCUT2D eigenvalue weighted by molar-refractivity contribution is 5.94. The van der Waals surface area contributed by atoms with Crippen molar-refractivity contribution in [3.63, 3.8) is 0 Å². The van der Waals surface area contributed by atoms with Crippen LogP contribution in [0.25, 0.3) is 0 Å². The fourth-order valence-corrected chi connectivity index (χ4v) is 6.61. The molecule has 1 aromatic rings. The first-order valence-electron chi connectivity index (χ1n) is 11.0. The molecule has 0 radical (unpaired) electrons. The molecule has 1 spiro atoms. The Labute approximate surface area is 186 Å². The van der Waals surface area contributed by atoms with E-state index in [1.54, 1.807) is 6.07 Å². The van der Waals surface area contributed by atoms with Gasteiger partial charge in [-0.3, -0.25) is 9.69 Å². The van der Waals surface area contributed by atoms with Gasteiger partial charge in [-0.2, -0.15) is 0 Å². The molecule has 3 N–H and O–H groups in total. The van der Waals surface area contributed by atoms with Gasteiger partial charge in [0.2, 0.25) is 5.91 Å². The zero-order valence-electron chi connectivity index (χ0n) is 18.0. The number of nitrogens with zero attached hydrogens (tertiary/aromatic N) is 1. The highest BCUT2D eigenvalue weighted by Crippen LogP contribution is 2.65. The van der Waals surface area contributed by atoms with Gasteiger partial charge in [0, 0.05) is 30.3 Å². The second kappa shape index (κ2) is 7.35. The number of carbonyl (C=O) groups is 2. The van der Waals surface area contributed by atoms with Crippen molar-refractivity contribution in [3.8, 4) is 11.5 Å². The Morgan fingerprint density at radius 1 is 1.38 bits per heavy atom. The molecule has 2 fully saturated rings. The van der Waals surface area contributed by atoms with E-state index in [4.69, 9.17) is 4.74 Å². The zero-order chi connectivity index (χ0) is 22.7. The number of hydrogen-bond acceptors (Lipinski definition) is 7. The highest BCUT2D eigenvalue weighted by Gasteiger charge is 2.72. The fourth-order valence-electron chi connectivity index (χ4n) is 6.61. The van der Waals surface area contributed by atoms with Crippen LogP contribution in [0.5, 0.6) is 11.5 Å². The summed E-state index contributed by atoms with van der Waals surface area (Å²) in [6.45, 7) is 5.33. The first-order chi connectivity index (χ1) is 15.4. The van der Waals surface area contributed by atoms with Crippen LogP contribution >= 0.6 is 0 Å². The summed E-state index contributed by atoms with van der Waals surface area (Å²) in [7, 11) is 1.25. The van der Waals surface area contributed by atoms with Crippen LogP contribution in [0.3, 0.4) is 0 Å². The first-order valence-corrected chi connectivity index (χ1v) is 11.0. The summed E-state index contributed by atoms with van der Waals surface area (Å²) in [5.41, 5.74) is 0.192. The van der Waals surface area contributed by atoms with Crippen LogP contribution in [-0.4, -0.2) is 71.0 Å². The van der Waals surface area contributed by atoms with Gasteiger partial charge in [-0.05, 0) is 43.9 Å². The van der Waals surface area contributed by atoms with Crippen LogP contribution in [-0.2, 0) is 26.2 Å². The number of phenolic OH excluding ortho intramolecular Hbond substituents is 1. The van der Waals surface area contributed by atoms with E-state index < -0.39 is 29.0 Å². The molecule has 4 unspecified atom stereocenters. The summed E-state index contributed by atoms with van der Waals surface area (Å²) in [5, 5.41) is 25.8. The fraction of sp³-hybridized carbons (Fsp3) is 0.500. The highest BCUT2D eigenvalue weighted by atomic mass is 16.5. The SMILES string of the molecule is C=CCN1CCC23c4c5ccc(O)c4OC2[C@H](NC(=O)/C=C/C(=O)OC)CCC3(O)C1C5. The van der Waals surface area contributed by atoms with Crippen LogP contribution in [0.1, 0.15) is 30.4 Å². The van der Waals surface area contributed by atoms with Crippen molar-refractivity contribution in [2.24, 2.45) is 0 Å². The van der Waals surface area contributed by atoms with Crippen molar-refractivity contribution < 1.29 is 29.3 Å². The van der Waals surface area contributed by atoms with Crippen molar-refractivity contribution in [2.45, 2.75) is 54.9 Å². The lowest BCUT2D eigenvalue weighted by molar-refractivity contribution is -0.189. The molecule has 8 nitrogen and oxygen atoms in total. The number of piperidine rings is 1. The van der Waals surface area contributed by atoms with Crippen LogP contribution in [0, 0.1) is 0 Å². The van der Waals surface area contributed by atoms with Gasteiger partial charge in [-0.15, -0.1) is 6.58 Å². The van der Waals surface area contributed by atoms with Gasteiger partial charge in [-0.1, -0.05) is 12.1 Å². The third-order valence-corrected chi connectivity index (χ3v) is 7.84. The number of rotatable bonds is 5. The summed E-state index contributed by atoms with van der Waals surface area (Å²) < 4.78 is 10.9. The maximum atomic E-state index is 12.5. The second-order valence-corrected chi connectivity index (χ2v) is 9.15. The number of benzene rings is 1. The summed E-state index contributed by atoms with van der Waals surface area (Å²) >= 11 is 0. The Balaban J connectivity index is 1.55. The Morgan fingerprint density at radius 3 is 2.94 bits per heavy atom. The smallest absolute Gasteiger partial charge is 0.330 e. The van der Waals surface area contributed by atoms with Gasteiger partial charge < -0.3 is 25.0 Å². The van der Waals surface area contributed by atoms with Gasteiger partial charge in [0.05, 0.1) is 24.2 Å². The van der Waals surface area contributed by atoms with Crippen LogP contribution in [0.4, 0.5) is 0 Å². The predicted molar refractivity (Wildman–Crippen MR) is 115 cm³/mol. The number of aliphatic hydroxyl groups is 1.